The molecule has 1 heterocycles. The highest BCUT2D eigenvalue weighted by molar-refractivity contribution is 7.17. The number of anilines is 1. The number of hydrogen-bond acceptors (Lipinski definition) is 6. The molecule has 0 saturated carbocycles. The van der Waals surface area contributed by atoms with Crippen LogP contribution in [0.5, 0.6) is 0 Å². The second kappa shape index (κ2) is 8.51. The van der Waals surface area contributed by atoms with Crippen molar-refractivity contribution in [1.29, 1.82) is 0 Å². The third-order valence-electron chi connectivity index (χ3n) is 4.69. The molecule has 9 heteroatoms. The van der Waals surface area contributed by atoms with Gasteiger partial charge in [0, 0.05) is 16.0 Å². The van der Waals surface area contributed by atoms with Crippen LogP contribution in [0.25, 0.3) is 0 Å². The van der Waals surface area contributed by atoms with Crippen molar-refractivity contribution in [3.63, 3.8) is 0 Å². The standard InChI is InChI=1S/C20H21ClN2O5S/c1-10(2)28-20(25)17-13-6-4-11(3)8-16(13)29-19(17)22-18(24)14-9-12(21)5-7-15(14)23(26)27/h5,7,9-11H,4,6,8H2,1-3H3,(H,22,24)/t11-/m0/s1. The van der Waals surface area contributed by atoms with Gasteiger partial charge < -0.3 is 10.1 Å². The van der Waals surface area contributed by atoms with E-state index in [9.17, 15) is 19.7 Å². The largest absolute Gasteiger partial charge is 0.459 e. The van der Waals surface area contributed by atoms with Crippen molar-refractivity contribution in [3.05, 3.63) is 54.9 Å². The Morgan fingerprint density at radius 2 is 2.10 bits per heavy atom. The summed E-state index contributed by atoms with van der Waals surface area (Å²) in [5.74, 6) is -0.708. The smallest absolute Gasteiger partial charge is 0.341 e. The molecule has 1 aliphatic carbocycles. The number of nitro groups is 1. The molecule has 154 valence electrons. The maximum atomic E-state index is 12.8. The summed E-state index contributed by atoms with van der Waals surface area (Å²) in [6.45, 7) is 5.65. The number of fused-ring (bicyclic) bond motifs is 1. The molecule has 7 nitrogen and oxygen atoms in total. The number of carbonyl (C=O) groups is 2. The molecule has 1 aliphatic rings. The van der Waals surface area contributed by atoms with Gasteiger partial charge in [0.15, 0.2) is 0 Å². The SMILES string of the molecule is CC(C)OC(=O)c1c(NC(=O)c2cc(Cl)ccc2[N+](=O)[O-])sc2c1CC[C@H](C)C2. The van der Waals surface area contributed by atoms with Crippen molar-refractivity contribution in [3.8, 4) is 0 Å². The molecule has 0 saturated heterocycles. The summed E-state index contributed by atoms with van der Waals surface area (Å²) in [6, 6.07) is 3.79. The molecule has 0 aliphatic heterocycles. The van der Waals surface area contributed by atoms with E-state index in [1.807, 2.05) is 0 Å². The number of hydrogen-bond donors (Lipinski definition) is 1. The Balaban J connectivity index is 2.01. The number of amides is 1. The van der Waals surface area contributed by atoms with Crippen LogP contribution in [0.1, 0.15) is 58.3 Å². The summed E-state index contributed by atoms with van der Waals surface area (Å²) >= 11 is 7.26. The van der Waals surface area contributed by atoms with Gasteiger partial charge in [-0.2, -0.15) is 0 Å². The number of halogens is 1. The fraction of sp³-hybridized carbons (Fsp3) is 0.400. The molecule has 0 unspecified atom stereocenters. The number of nitrogens with zero attached hydrogens (tertiary/aromatic N) is 1. The molecule has 1 amide bonds. The number of thiophene rings is 1. The van der Waals surface area contributed by atoms with Gasteiger partial charge in [-0.15, -0.1) is 11.3 Å². The molecule has 1 aromatic carbocycles. The zero-order chi connectivity index (χ0) is 21.3. The van der Waals surface area contributed by atoms with Gasteiger partial charge in [-0.1, -0.05) is 18.5 Å². The number of nitro benzene ring substituents is 1. The van der Waals surface area contributed by atoms with E-state index in [0.29, 0.717) is 16.5 Å². The van der Waals surface area contributed by atoms with Gasteiger partial charge in [-0.3, -0.25) is 14.9 Å². The molecule has 0 radical (unpaired) electrons. The van der Waals surface area contributed by atoms with E-state index in [1.165, 1.54) is 29.5 Å². The van der Waals surface area contributed by atoms with E-state index in [0.717, 1.165) is 29.7 Å². The molecule has 1 atom stereocenters. The zero-order valence-electron chi connectivity index (χ0n) is 16.3. The molecule has 3 rings (SSSR count). The van der Waals surface area contributed by atoms with E-state index in [4.69, 9.17) is 16.3 Å². The van der Waals surface area contributed by atoms with E-state index >= 15 is 0 Å². The molecule has 0 fully saturated rings. The summed E-state index contributed by atoms with van der Waals surface area (Å²) in [6.07, 6.45) is 2.18. The minimum Gasteiger partial charge on any atom is -0.459 e. The number of benzene rings is 1. The summed E-state index contributed by atoms with van der Waals surface area (Å²) in [4.78, 5) is 37.3. The number of rotatable bonds is 5. The highest BCUT2D eigenvalue weighted by Gasteiger charge is 2.31. The summed E-state index contributed by atoms with van der Waals surface area (Å²) in [7, 11) is 0. The highest BCUT2D eigenvalue weighted by atomic mass is 35.5. The van der Waals surface area contributed by atoms with E-state index in [1.54, 1.807) is 13.8 Å². The molecular formula is C20H21ClN2O5S. The van der Waals surface area contributed by atoms with Gasteiger partial charge >= 0.3 is 5.97 Å². The van der Waals surface area contributed by atoms with Crippen LogP contribution in [0.3, 0.4) is 0 Å². The first kappa shape index (κ1) is 21.3. The van der Waals surface area contributed by atoms with Crippen molar-refractivity contribution in [2.24, 2.45) is 5.92 Å². The predicted octanol–water partition coefficient (Wildman–Crippen LogP) is 5.25. The van der Waals surface area contributed by atoms with Gasteiger partial charge in [-0.25, -0.2) is 4.79 Å². The third-order valence-corrected chi connectivity index (χ3v) is 6.09. The normalized spacial score (nSPS) is 15.7. The molecular weight excluding hydrogens is 416 g/mol. The molecule has 1 aromatic heterocycles. The van der Waals surface area contributed by atoms with Crippen molar-refractivity contribution < 1.29 is 19.2 Å². The molecule has 0 bridgehead atoms. The molecule has 29 heavy (non-hydrogen) atoms. The first-order valence-corrected chi connectivity index (χ1v) is 10.5. The van der Waals surface area contributed by atoms with Gasteiger partial charge in [0.05, 0.1) is 16.6 Å². The lowest BCUT2D eigenvalue weighted by Crippen LogP contribution is -2.19. The molecule has 0 spiro atoms. The Labute approximate surface area is 177 Å². The van der Waals surface area contributed by atoms with Crippen LogP contribution >= 0.6 is 22.9 Å². The second-order valence-corrected chi connectivity index (χ2v) is 8.92. The van der Waals surface area contributed by atoms with Crippen molar-refractivity contribution in [2.45, 2.75) is 46.1 Å². The summed E-state index contributed by atoms with van der Waals surface area (Å²) in [5, 5.41) is 14.5. The maximum absolute atomic E-state index is 12.8. The van der Waals surface area contributed by atoms with Gasteiger partial charge in [0.2, 0.25) is 0 Å². The van der Waals surface area contributed by atoms with Gasteiger partial charge in [-0.05, 0) is 56.7 Å². The van der Waals surface area contributed by atoms with Crippen LogP contribution in [-0.2, 0) is 17.6 Å². The Kier molecular flexibility index (Phi) is 6.24. The van der Waals surface area contributed by atoms with Crippen LogP contribution in [0.15, 0.2) is 18.2 Å². The second-order valence-electron chi connectivity index (χ2n) is 7.38. The number of nitrogens with one attached hydrogen (secondary N) is 1. The predicted molar refractivity (Wildman–Crippen MR) is 112 cm³/mol. The average Bonchev–Trinajstić information content (AvgIpc) is 2.97. The zero-order valence-corrected chi connectivity index (χ0v) is 17.9. The van der Waals surface area contributed by atoms with Crippen molar-refractivity contribution >= 4 is 45.5 Å². The Hall–Kier alpha value is -2.45. The minimum atomic E-state index is -0.690. The van der Waals surface area contributed by atoms with E-state index < -0.39 is 16.8 Å². The van der Waals surface area contributed by atoms with Crippen LogP contribution in [0.4, 0.5) is 10.7 Å². The summed E-state index contributed by atoms with van der Waals surface area (Å²) in [5.41, 5.74) is 0.733. The van der Waals surface area contributed by atoms with Crippen LogP contribution in [0, 0.1) is 16.0 Å². The first-order chi connectivity index (χ1) is 13.7. The number of ether oxygens (including phenoxy) is 1. The van der Waals surface area contributed by atoms with Crippen LogP contribution in [0.2, 0.25) is 5.02 Å². The quantitative estimate of drug-likeness (QED) is 0.392. The van der Waals surface area contributed by atoms with Crippen LogP contribution in [-0.4, -0.2) is 22.9 Å². The number of esters is 1. The van der Waals surface area contributed by atoms with Crippen LogP contribution < -0.4 is 5.32 Å². The third kappa shape index (κ3) is 4.59. The van der Waals surface area contributed by atoms with E-state index in [-0.39, 0.29) is 22.4 Å². The fourth-order valence-corrected chi connectivity index (χ4v) is 4.91. The Morgan fingerprint density at radius 1 is 1.38 bits per heavy atom. The fourth-order valence-electron chi connectivity index (χ4n) is 3.35. The highest BCUT2D eigenvalue weighted by Crippen LogP contribution is 2.40. The summed E-state index contributed by atoms with van der Waals surface area (Å²) < 4.78 is 5.38. The van der Waals surface area contributed by atoms with Gasteiger partial charge in [0.1, 0.15) is 10.6 Å². The lowest BCUT2D eigenvalue weighted by Gasteiger charge is -2.18. The monoisotopic (exact) mass is 436 g/mol. The van der Waals surface area contributed by atoms with Gasteiger partial charge in [0.25, 0.3) is 11.6 Å². The molecule has 1 N–H and O–H groups in total. The first-order valence-electron chi connectivity index (χ1n) is 9.28. The lowest BCUT2D eigenvalue weighted by atomic mass is 9.88. The number of carbonyl (C=O) groups excluding carboxylic acids is 2. The van der Waals surface area contributed by atoms with E-state index in [2.05, 4.69) is 12.2 Å². The maximum Gasteiger partial charge on any atom is 0.341 e. The van der Waals surface area contributed by atoms with Crippen molar-refractivity contribution in [2.75, 3.05) is 5.32 Å². The Morgan fingerprint density at radius 3 is 2.76 bits per heavy atom. The molecule has 2 aromatic rings. The topological polar surface area (TPSA) is 98.5 Å². The lowest BCUT2D eigenvalue weighted by molar-refractivity contribution is -0.385. The minimum absolute atomic E-state index is 0.162. The Bertz CT molecular complexity index is 985. The average molecular weight is 437 g/mol. The van der Waals surface area contributed by atoms with Crippen molar-refractivity contribution in [1.82, 2.24) is 0 Å².